The van der Waals surface area contributed by atoms with E-state index in [1.807, 2.05) is 49.4 Å². The van der Waals surface area contributed by atoms with Gasteiger partial charge in [-0.2, -0.15) is 4.98 Å². The second kappa shape index (κ2) is 9.54. The zero-order chi connectivity index (χ0) is 20.6. The molecule has 0 radical (unpaired) electrons. The molecule has 1 aromatic heterocycles. The molecule has 0 saturated heterocycles. The van der Waals surface area contributed by atoms with Gasteiger partial charge in [0.2, 0.25) is 17.6 Å². The normalized spacial score (nSPS) is 10.9. The lowest BCUT2D eigenvalue weighted by molar-refractivity contribution is -0.126. The van der Waals surface area contributed by atoms with Gasteiger partial charge in [0.05, 0.1) is 14.2 Å². The minimum absolute atomic E-state index is 0.151. The molecule has 0 aliphatic carbocycles. The van der Waals surface area contributed by atoms with Crippen LogP contribution in [0.3, 0.4) is 0 Å². The Bertz CT molecular complexity index is 983. The van der Waals surface area contributed by atoms with Gasteiger partial charge in [-0.3, -0.25) is 4.79 Å². The highest BCUT2D eigenvalue weighted by Crippen LogP contribution is 2.28. The molecule has 3 aromatic rings. The summed E-state index contributed by atoms with van der Waals surface area (Å²) >= 11 is 0. The average molecular weight is 393 g/mol. The number of aromatic nitrogens is 2. The molecule has 29 heavy (non-hydrogen) atoms. The number of ether oxygens (including phenoxy) is 2. The van der Waals surface area contributed by atoms with Crippen LogP contribution in [0.15, 0.2) is 59.1 Å². The van der Waals surface area contributed by atoms with E-state index in [-0.39, 0.29) is 12.5 Å². The Kier molecular flexibility index (Phi) is 6.63. The van der Waals surface area contributed by atoms with Crippen LogP contribution in [0.5, 0.6) is 11.5 Å². The second-order valence-corrected chi connectivity index (χ2v) is 6.18. The van der Waals surface area contributed by atoms with E-state index in [9.17, 15) is 4.79 Å². The molecule has 0 bridgehead atoms. The highest BCUT2D eigenvalue weighted by molar-refractivity contribution is 5.91. The number of carbonyl (C=O) groups excluding carboxylic acids is 1. The standard InChI is InChI=1S/C22H23N3O4/c1-4-25(15-20-23-22(24-29-20)17-8-6-5-7-9-17)21(26)13-11-16-10-12-18(27-2)19(14-16)28-3/h5-14H,4,15H2,1-3H3. The van der Waals surface area contributed by atoms with Gasteiger partial charge in [-0.1, -0.05) is 41.6 Å². The minimum Gasteiger partial charge on any atom is -0.493 e. The first kappa shape index (κ1) is 20.1. The van der Waals surface area contributed by atoms with Crippen molar-refractivity contribution in [2.75, 3.05) is 20.8 Å². The van der Waals surface area contributed by atoms with Crippen LogP contribution in [0.4, 0.5) is 0 Å². The molecule has 150 valence electrons. The summed E-state index contributed by atoms with van der Waals surface area (Å²) < 4.78 is 15.8. The van der Waals surface area contributed by atoms with Crippen LogP contribution in [-0.2, 0) is 11.3 Å². The summed E-state index contributed by atoms with van der Waals surface area (Å²) in [6.45, 7) is 2.65. The lowest BCUT2D eigenvalue weighted by Crippen LogP contribution is -2.28. The highest BCUT2D eigenvalue weighted by atomic mass is 16.5. The average Bonchev–Trinajstić information content (AvgIpc) is 3.24. The Morgan fingerprint density at radius 2 is 1.86 bits per heavy atom. The molecule has 0 saturated carbocycles. The Labute approximate surface area is 169 Å². The topological polar surface area (TPSA) is 77.7 Å². The van der Waals surface area contributed by atoms with Gasteiger partial charge in [0.15, 0.2) is 11.5 Å². The Balaban J connectivity index is 1.68. The van der Waals surface area contributed by atoms with Gasteiger partial charge in [0, 0.05) is 18.2 Å². The molecular formula is C22H23N3O4. The Morgan fingerprint density at radius 3 is 2.55 bits per heavy atom. The van der Waals surface area contributed by atoms with E-state index in [4.69, 9.17) is 14.0 Å². The van der Waals surface area contributed by atoms with Crippen molar-refractivity contribution in [3.8, 4) is 22.9 Å². The van der Waals surface area contributed by atoms with E-state index in [0.717, 1.165) is 11.1 Å². The van der Waals surface area contributed by atoms with Crippen molar-refractivity contribution in [2.24, 2.45) is 0 Å². The van der Waals surface area contributed by atoms with E-state index in [2.05, 4.69) is 10.1 Å². The summed E-state index contributed by atoms with van der Waals surface area (Å²) in [4.78, 5) is 18.6. The highest BCUT2D eigenvalue weighted by Gasteiger charge is 2.15. The predicted molar refractivity (Wildman–Crippen MR) is 109 cm³/mol. The molecule has 1 heterocycles. The number of rotatable bonds is 8. The summed E-state index contributed by atoms with van der Waals surface area (Å²) in [6, 6.07) is 15.0. The maximum absolute atomic E-state index is 12.6. The first-order chi connectivity index (χ1) is 14.1. The summed E-state index contributed by atoms with van der Waals surface area (Å²) in [5.74, 6) is 1.98. The molecule has 0 unspecified atom stereocenters. The van der Waals surface area contributed by atoms with Crippen LogP contribution in [0, 0.1) is 0 Å². The zero-order valence-electron chi connectivity index (χ0n) is 16.7. The molecule has 0 aliphatic heterocycles. The second-order valence-electron chi connectivity index (χ2n) is 6.18. The molecule has 0 aliphatic rings. The van der Waals surface area contributed by atoms with E-state index in [1.54, 1.807) is 31.3 Å². The quantitative estimate of drug-likeness (QED) is 0.542. The van der Waals surface area contributed by atoms with Crippen molar-refractivity contribution in [1.82, 2.24) is 15.0 Å². The lowest BCUT2D eigenvalue weighted by atomic mass is 10.2. The fourth-order valence-electron chi connectivity index (χ4n) is 2.76. The number of amides is 1. The van der Waals surface area contributed by atoms with Crippen LogP contribution in [0.2, 0.25) is 0 Å². The number of hydrogen-bond acceptors (Lipinski definition) is 6. The van der Waals surface area contributed by atoms with Gasteiger partial charge in [-0.15, -0.1) is 0 Å². The molecule has 3 rings (SSSR count). The number of nitrogens with zero attached hydrogens (tertiary/aromatic N) is 3. The molecule has 7 heteroatoms. The number of benzene rings is 2. The molecule has 7 nitrogen and oxygen atoms in total. The van der Waals surface area contributed by atoms with E-state index in [1.165, 1.54) is 6.08 Å². The third-order valence-electron chi connectivity index (χ3n) is 4.35. The van der Waals surface area contributed by atoms with E-state index >= 15 is 0 Å². The van der Waals surface area contributed by atoms with Crippen molar-refractivity contribution in [2.45, 2.75) is 13.5 Å². The van der Waals surface area contributed by atoms with Crippen LogP contribution >= 0.6 is 0 Å². The fourth-order valence-corrected chi connectivity index (χ4v) is 2.76. The SMILES string of the molecule is CCN(Cc1nc(-c2ccccc2)no1)C(=O)C=Cc1ccc(OC)c(OC)c1. The molecule has 1 amide bonds. The molecule has 0 spiro atoms. The minimum atomic E-state index is -0.151. The number of likely N-dealkylation sites (N-methyl/N-ethyl adjacent to an activating group) is 1. The molecule has 2 aromatic carbocycles. The van der Waals surface area contributed by atoms with Crippen LogP contribution in [-0.4, -0.2) is 41.7 Å². The first-order valence-corrected chi connectivity index (χ1v) is 9.21. The number of methoxy groups -OCH3 is 2. The smallest absolute Gasteiger partial charge is 0.247 e. The number of hydrogen-bond donors (Lipinski definition) is 0. The molecule has 0 fully saturated rings. The first-order valence-electron chi connectivity index (χ1n) is 9.21. The molecular weight excluding hydrogens is 370 g/mol. The summed E-state index contributed by atoms with van der Waals surface area (Å²) in [6.07, 6.45) is 3.25. The van der Waals surface area contributed by atoms with Crippen LogP contribution < -0.4 is 9.47 Å². The van der Waals surface area contributed by atoms with Crippen LogP contribution in [0.25, 0.3) is 17.5 Å². The Morgan fingerprint density at radius 1 is 1.10 bits per heavy atom. The van der Waals surface area contributed by atoms with Crippen LogP contribution in [0.1, 0.15) is 18.4 Å². The largest absolute Gasteiger partial charge is 0.493 e. The summed E-state index contributed by atoms with van der Waals surface area (Å²) in [5, 5.41) is 3.99. The maximum atomic E-state index is 12.6. The fraction of sp³-hybridized carbons (Fsp3) is 0.227. The van der Waals surface area contributed by atoms with Gasteiger partial charge in [0.25, 0.3) is 0 Å². The monoisotopic (exact) mass is 393 g/mol. The van der Waals surface area contributed by atoms with Gasteiger partial charge in [-0.05, 0) is 30.7 Å². The van der Waals surface area contributed by atoms with Crippen molar-refractivity contribution in [1.29, 1.82) is 0 Å². The summed E-state index contributed by atoms with van der Waals surface area (Å²) in [5.41, 5.74) is 1.70. The molecule has 0 atom stereocenters. The van der Waals surface area contributed by atoms with Gasteiger partial charge >= 0.3 is 0 Å². The Hall–Kier alpha value is -3.61. The predicted octanol–water partition coefficient (Wildman–Crippen LogP) is 3.82. The third kappa shape index (κ3) is 5.01. The van der Waals surface area contributed by atoms with Gasteiger partial charge in [0.1, 0.15) is 6.54 Å². The van der Waals surface area contributed by atoms with Gasteiger partial charge < -0.3 is 18.9 Å². The third-order valence-corrected chi connectivity index (χ3v) is 4.35. The lowest BCUT2D eigenvalue weighted by Gasteiger charge is -2.16. The van der Waals surface area contributed by atoms with Crippen molar-refractivity contribution in [3.05, 3.63) is 66.1 Å². The zero-order valence-corrected chi connectivity index (χ0v) is 16.7. The van der Waals surface area contributed by atoms with Gasteiger partial charge in [-0.25, -0.2) is 0 Å². The van der Waals surface area contributed by atoms with E-state index in [0.29, 0.717) is 29.8 Å². The van der Waals surface area contributed by atoms with Crippen molar-refractivity contribution < 1.29 is 18.8 Å². The van der Waals surface area contributed by atoms with Crippen molar-refractivity contribution >= 4 is 12.0 Å². The van der Waals surface area contributed by atoms with E-state index < -0.39 is 0 Å². The maximum Gasteiger partial charge on any atom is 0.247 e. The molecule has 0 N–H and O–H groups in total. The summed E-state index contributed by atoms with van der Waals surface area (Å²) in [7, 11) is 3.15. The van der Waals surface area contributed by atoms with Crippen molar-refractivity contribution in [3.63, 3.8) is 0 Å². The number of carbonyl (C=O) groups is 1.